The monoisotopic (exact) mass is 241 g/mol. The zero-order chi connectivity index (χ0) is 10.7. The first-order chi connectivity index (χ1) is 7.29. The number of aromatic amines is 1. The van der Waals surface area contributed by atoms with Gasteiger partial charge >= 0.3 is 0 Å². The zero-order valence-electron chi connectivity index (χ0n) is 8.46. The van der Waals surface area contributed by atoms with Crippen LogP contribution in [-0.4, -0.2) is 15.2 Å². The Balaban J connectivity index is 2.13. The fourth-order valence-corrected chi connectivity index (χ4v) is 2.30. The number of hydrogen-bond donors (Lipinski definition) is 1. The predicted octanol–water partition coefficient (Wildman–Crippen LogP) is 3.53. The Kier molecular flexibility index (Phi) is 3.38. The number of halogens is 1. The second-order valence-corrected chi connectivity index (χ2v) is 4.69. The molecule has 0 amide bonds. The molecule has 1 N–H and O–H groups in total. The lowest BCUT2D eigenvalue weighted by Crippen LogP contribution is -1.86. The summed E-state index contributed by atoms with van der Waals surface area (Å²) in [6, 6.07) is 1.89. The van der Waals surface area contributed by atoms with Crippen molar-refractivity contribution in [2.75, 3.05) is 0 Å². The summed E-state index contributed by atoms with van der Waals surface area (Å²) in [5.74, 6) is 1.70. The number of unbranched alkanes of at least 4 members (excludes halogenated alkanes) is 1. The number of nitrogens with zero attached hydrogens (tertiary/aromatic N) is 2. The van der Waals surface area contributed by atoms with Crippen molar-refractivity contribution in [1.29, 1.82) is 0 Å². The lowest BCUT2D eigenvalue weighted by Gasteiger charge is -1.90. The molecule has 3 nitrogen and oxygen atoms in total. The molecule has 0 radical (unpaired) electrons. The zero-order valence-corrected chi connectivity index (χ0v) is 10.0. The summed E-state index contributed by atoms with van der Waals surface area (Å²) in [5, 5.41) is 9.75. The number of aromatic nitrogens is 3. The van der Waals surface area contributed by atoms with Gasteiger partial charge in [0.2, 0.25) is 0 Å². The minimum Gasteiger partial charge on any atom is -0.263 e. The van der Waals surface area contributed by atoms with Crippen molar-refractivity contribution in [3.8, 4) is 10.7 Å². The van der Waals surface area contributed by atoms with Gasteiger partial charge in [0.1, 0.15) is 5.82 Å². The van der Waals surface area contributed by atoms with E-state index in [1.807, 2.05) is 11.4 Å². The number of nitrogens with one attached hydrogen (secondary N) is 1. The second kappa shape index (κ2) is 4.77. The van der Waals surface area contributed by atoms with Crippen LogP contribution in [-0.2, 0) is 6.42 Å². The van der Waals surface area contributed by atoms with Crippen LogP contribution in [0.3, 0.4) is 0 Å². The van der Waals surface area contributed by atoms with Crippen LogP contribution in [0.4, 0.5) is 0 Å². The minimum absolute atomic E-state index is 0.745. The number of rotatable bonds is 4. The SMILES string of the molecule is CCCCc1nc(-c2cc(Cl)cs2)n[nH]1. The molecule has 0 aliphatic carbocycles. The average Bonchev–Trinajstić information content (AvgIpc) is 2.83. The van der Waals surface area contributed by atoms with Crippen LogP contribution in [0.2, 0.25) is 5.02 Å². The average molecular weight is 242 g/mol. The fourth-order valence-electron chi connectivity index (χ4n) is 1.29. The quantitative estimate of drug-likeness (QED) is 0.890. The Morgan fingerprint density at radius 2 is 2.40 bits per heavy atom. The first-order valence-electron chi connectivity index (χ1n) is 4.95. The molecular weight excluding hydrogens is 230 g/mol. The van der Waals surface area contributed by atoms with Crippen LogP contribution < -0.4 is 0 Å². The van der Waals surface area contributed by atoms with Crippen LogP contribution in [0.5, 0.6) is 0 Å². The largest absolute Gasteiger partial charge is 0.263 e. The van der Waals surface area contributed by atoms with Crippen LogP contribution in [0.15, 0.2) is 11.4 Å². The summed E-state index contributed by atoms with van der Waals surface area (Å²) in [6.07, 6.45) is 3.27. The van der Waals surface area contributed by atoms with Gasteiger partial charge < -0.3 is 0 Å². The van der Waals surface area contributed by atoms with E-state index >= 15 is 0 Å². The molecule has 2 aromatic rings. The van der Waals surface area contributed by atoms with Gasteiger partial charge in [0.05, 0.1) is 9.90 Å². The highest BCUT2D eigenvalue weighted by Gasteiger charge is 2.07. The van der Waals surface area contributed by atoms with Gasteiger partial charge in [-0.3, -0.25) is 5.10 Å². The fraction of sp³-hybridized carbons (Fsp3) is 0.400. The van der Waals surface area contributed by atoms with Crippen LogP contribution in [0.25, 0.3) is 10.7 Å². The predicted molar refractivity (Wildman–Crippen MR) is 63.3 cm³/mol. The van der Waals surface area contributed by atoms with Crippen molar-refractivity contribution in [3.05, 3.63) is 22.3 Å². The van der Waals surface area contributed by atoms with E-state index in [1.54, 1.807) is 11.3 Å². The Labute approximate surface area is 97.5 Å². The van der Waals surface area contributed by atoms with Crippen molar-refractivity contribution >= 4 is 22.9 Å². The molecule has 5 heteroatoms. The van der Waals surface area contributed by atoms with E-state index in [4.69, 9.17) is 11.6 Å². The number of hydrogen-bond acceptors (Lipinski definition) is 3. The maximum absolute atomic E-state index is 5.85. The van der Waals surface area contributed by atoms with E-state index in [1.165, 1.54) is 6.42 Å². The van der Waals surface area contributed by atoms with E-state index in [2.05, 4.69) is 22.1 Å². The first-order valence-corrected chi connectivity index (χ1v) is 6.21. The molecule has 0 aliphatic rings. The number of thiophene rings is 1. The van der Waals surface area contributed by atoms with Crippen molar-refractivity contribution in [3.63, 3.8) is 0 Å². The van der Waals surface area contributed by atoms with Gasteiger partial charge in [-0.15, -0.1) is 11.3 Å². The standard InChI is InChI=1S/C10H12ClN3S/c1-2-3-4-9-12-10(14-13-9)8-5-7(11)6-15-8/h5-6H,2-4H2,1H3,(H,12,13,14). The van der Waals surface area contributed by atoms with Crippen molar-refractivity contribution < 1.29 is 0 Å². The highest BCUT2D eigenvalue weighted by molar-refractivity contribution is 7.14. The lowest BCUT2D eigenvalue weighted by atomic mass is 10.2. The summed E-state index contributed by atoms with van der Waals surface area (Å²) in [6.45, 7) is 2.16. The van der Waals surface area contributed by atoms with Gasteiger partial charge in [0.15, 0.2) is 5.82 Å². The smallest absolute Gasteiger partial charge is 0.191 e. The van der Waals surface area contributed by atoms with Crippen molar-refractivity contribution in [2.24, 2.45) is 0 Å². The molecule has 2 rings (SSSR count). The topological polar surface area (TPSA) is 41.6 Å². The van der Waals surface area contributed by atoms with Crippen molar-refractivity contribution in [1.82, 2.24) is 15.2 Å². The summed E-state index contributed by atoms with van der Waals surface area (Å²) < 4.78 is 0. The van der Waals surface area contributed by atoms with Gasteiger partial charge in [0.25, 0.3) is 0 Å². The second-order valence-electron chi connectivity index (χ2n) is 3.34. The van der Waals surface area contributed by atoms with Crippen molar-refractivity contribution in [2.45, 2.75) is 26.2 Å². The Morgan fingerprint density at radius 1 is 1.53 bits per heavy atom. The maximum Gasteiger partial charge on any atom is 0.191 e. The summed E-state index contributed by atoms with van der Waals surface area (Å²) in [7, 11) is 0. The summed E-state index contributed by atoms with van der Waals surface area (Å²) in [5.41, 5.74) is 0. The van der Waals surface area contributed by atoms with E-state index < -0.39 is 0 Å². The van der Waals surface area contributed by atoms with Gasteiger partial charge in [0, 0.05) is 11.8 Å². The molecule has 0 aromatic carbocycles. The molecule has 0 aliphatic heterocycles. The maximum atomic E-state index is 5.85. The molecule has 0 spiro atoms. The van der Waals surface area contributed by atoms with Gasteiger partial charge in [-0.05, 0) is 12.5 Å². The number of H-pyrrole nitrogens is 1. The van der Waals surface area contributed by atoms with Crippen LogP contribution in [0, 0.1) is 0 Å². The van der Waals surface area contributed by atoms with E-state index in [9.17, 15) is 0 Å². The Hall–Kier alpha value is -0.870. The van der Waals surface area contributed by atoms with Gasteiger partial charge in [-0.2, -0.15) is 5.10 Å². The van der Waals surface area contributed by atoms with Gasteiger partial charge in [-0.25, -0.2) is 4.98 Å². The van der Waals surface area contributed by atoms with Gasteiger partial charge in [-0.1, -0.05) is 24.9 Å². The molecule has 0 saturated carbocycles. The molecule has 15 heavy (non-hydrogen) atoms. The third kappa shape index (κ3) is 2.58. The van der Waals surface area contributed by atoms with Crippen LogP contribution >= 0.6 is 22.9 Å². The minimum atomic E-state index is 0.745. The van der Waals surface area contributed by atoms with E-state index in [0.717, 1.165) is 34.4 Å². The molecule has 0 unspecified atom stereocenters. The molecule has 80 valence electrons. The molecule has 0 fully saturated rings. The molecule has 2 aromatic heterocycles. The summed E-state index contributed by atoms with van der Waals surface area (Å²) >= 11 is 7.41. The van der Waals surface area contributed by atoms with E-state index in [0.29, 0.717) is 0 Å². The first kappa shape index (κ1) is 10.6. The number of aryl methyl sites for hydroxylation is 1. The normalized spacial score (nSPS) is 10.8. The third-order valence-corrected chi connectivity index (χ3v) is 3.36. The third-order valence-electron chi connectivity index (χ3n) is 2.09. The van der Waals surface area contributed by atoms with E-state index in [-0.39, 0.29) is 0 Å². The summed E-state index contributed by atoms with van der Waals surface area (Å²) in [4.78, 5) is 5.43. The Morgan fingerprint density at radius 3 is 3.07 bits per heavy atom. The Bertz CT molecular complexity index is 435. The molecule has 0 saturated heterocycles. The molecule has 0 atom stereocenters. The highest BCUT2D eigenvalue weighted by Crippen LogP contribution is 2.26. The molecule has 0 bridgehead atoms. The molecular formula is C10H12ClN3S. The molecule has 2 heterocycles. The highest BCUT2D eigenvalue weighted by atomic mass is 35.5. The lowest BCUT2D eigenvalue weighted by molar-refractivity contribution is 0.756. The van der Waals surface area contributed by atoms with Crippen LogP contribution in [0.1, 0.15) is 25.6 Å².